The Morgan fingerprint density at radius 1 is 1.42 bits per heavy atom. The fourth-order valence-corrected chi connectivity index (χ4v) is 0.984. The summed E-state index contributed by atoms with van der Waals surface area (Å²) in [7, 11) is 1.72. The van der Waals surface area contributed by atoms with E-state index in [0.29, 0.717) is 6.42 Å². The molecule has 12 heavy (non-hydrogen) atoms. The first kappa shape index (κ1) is 11.7. The van der Waals surface area contributed by atoms with Crippen molar-refractivity contribution in [1.29, 1.82) is 0 Å². The van der Waals surface area contributed by atoms with Crippen molar-refractivity contribution < 1.29 is 13.6 Å². The minimum absolute atomic E-state index is 0.129. The molecule has 3 nitrogen and oxygen atoms in total. The Morgan fingerprint density at radius 3 is 2.50 bits per heavy atom. The van der Waals surface area contributed by atoms with Crippen molar-refractivity contribution in [2.45, 2.75) is 12.5 Å². The van der Waals surface area contributed by atoms with Crippen molar-refractivity contribution in [3.63, 3.8) is 0 Å². The van der Waals surface area contributed by atoms with E-state index in [4.69, 9.17) is 5.90 Å². The van der Waals surface area contributed by atoms with Crippen molar-refractivity contribution in [2.75, 3.05) is 33.5 Å². The average molecular weight is 182 g/mol. The highest BCUT2D eigenvalue weighted by atomic mass is 19.1. The molecule has 0 aromatic heterocycles. The fourth-order valence-electron chi connectivity index (χ4n) is 0.984. The Bertz CT molecular complexity index is 99.4. The maximum atomic E-state index is 12.0. The van der Waals surface area contributed by atoms with Crippen LogP contribution in [0.15, 0.2) is 0 Å². The molecule has 0 spiro atoms. The highest BCUT2D eigenvalue weighted by Gasteiger charge is 2.13. The van der Waals surface area contributed by atoms with Crippen molar-refractivity contribution in [1.82, 2.24) is 4.90 Å². The van der Waals surface area contributed by atoms with Crippen LogP contribution < -0.4 is 5.90 Å². The summed E-state index contributed by atoms with van der Waals surface area (Å²) in [4.78, 5) is 6.09. The molecule has 74 valence electrons. The minimum Gasteiger partial charge on any atom is -0.303 e. The van der Waals surface area contributed by atoms with E-state index in [-0.39, 0.29) is 19.2 Å². The van der Waals surface area contributed by atoms with Crippen LogP contribution in [0.3, 0.4) is 0 Å². The smallest absolute Gasteiger partial charge is 0.102 e. The van der Waals surface area contributed by atoms with Gasteiger partial charge in [0.25, 0.3) is 0 Å². The molecule has 0 rings (SSSR count). The number of halogens is 2. The molecule has 0 aliphatic heterocycles. The molecular weight excluding hydrogens is 166 g/mol. The summed E-state index contributed by atoms with van der Waals surface area (Å²) >= 11 is 0. The van der Waals surface area contributed by atoms with Gasteiger partial charge in [-0.05, 0) is 13.5 Å². The third-order valence-corrected chi connectivity index (χ3v) is 1.79. The molecule has 0 bridgehead atoms. The predicted molar refractivity (Wildman–Crippen MR) is 43.1 cm³/mol. The van der Waals surface area contributed by atoms with Gasteiger partial charge in [-0.15, -0.1) is 0 Å². The molecule has 2 N–H and O–H groups in total. The molecule has 0 saturated heterocycles. The van der Waals surface area contributed by atoms with Crippen LogP contribution in [0.25, 0.3) is 0 Å². The van der Waals surface area contributed by atoms with E-state index in [1.807, 2.05) is 0 Å². The first-order chi connectivity index (χ1) is 5.76. The van der Waals surface area contributed by atoms with E-state index in [9.17, 15) is 8.78 Å². The zero-order valence-corrected chi connectivity index (χ0v) is 7.30. The Kier molecular flexibility index (Phi) is 7.23. The lowest BCUT2D eigenvalue weighted by atomic mass is 10.2. The highest BCUT2D eigenvalue weighted by Crippen LogP contribution is 2.02. The molecule has 5 heteroatoms. The lowest BCUT2D eigenvalue weighted by Gasteiger charge is -2.25. The quantitative estimate of drug-likeness (QED) is 0.583. The number of nitrogens with zero attached hydrogens (tertiary/aromatic N) is 1. The van der Waals surface area contributed by atoms with Crippen molar-refractivity contribution in [2.24, 2.45) is 5.90 Å². The molecular formula is C7H16F2N2O. The largest absolute Gasteiger partial charge is 0.303 e. The second-order valence-corrected chi connectivity index (χ2v) is 2.63. The second kappa shape index (κ2) is 7.39. The average Bonchev–Trinajstić information content (AvgIpc) is 2.04. The van der Waals surface area contributed by atoms with Crippen LogP contribution in [-0.2, 0) is 4.84 Å². The lowest BCUT2D eigenvalue weighted by molar-refractivity contribution is 0.0613. The van der Waals surface area contributed by atoms with E-state index in [1.54, 1.807) is 11.9 Å². The molecule has 0 aromatic rings. The van der Waals surface area contributed by atoms with E-state index < -0.39 is 13.3 Å². The molecule has 0 aliphatic carbocycles. The van der Waals surface area contributed by atoms with E-state index in [0.717, 1.165) is 0 Å². The summed E-state index contributed by atoms with van der Waals surface area (Å²) in [6, 6.07) is -0.129. The Labute approximate surface area is 71.4 Å². The van der Waals surface area contributed by atoms with Gasteiger partial charge < -0.3 is 4.84 Å². The third-order valence-electron chi connectivity index (χ3n) is 1.79. The first-order valence-electron chi connectivity index (χ1n) is 3.90. The number of alkyl halides is 2. The monoisotopic (exact) mass is 182 g/mol. The van der Waals surface area contributed by atoms with E-state index in [1.165, 1.54) is 0 Å². The van der Waals surface area contributed by atoms with Gasteiger partial charge in [-0.1, -0.05) is 0 Å². The van der Waals surface area contributed by atoms with Gasteiger partial charge in [0.15, 0.2) is 0 Å². The van der Waals surface area contributed by atoms with Crippen LogP contribution in [-0.4, -0.2) is 44.5 Å². The zero-order chi connectivity index (χ0) is 9.40. The molecule has 1 atom stereocenters. The summed E-state index contributed by atoms with van der Waals surface area (Å²) in [6.07, 6.45) is 0.327. The highest BCUT2D eigenvalue weighted by molar-refractivity contribution is 4.67. The summed E-state index contributed by atoms with van der Waals surface area (Å²) in [6.45, 7) is -0.358. The van der Waals surface area contributed by atoms with Crippen LogP contribution in [0.5, 0.6) is 0 Å². The Hall–Kier alpha value is -0.260. The predicted octanol–water partition coefficient (Wildman–Crippen LogP) is 0.506. The van der Waals surface area contributed by atoms with Gasteiger partial charge >= 0.3 is 0 Å². The number of nitrogens with two attached hydrogens (primary N) is 1. The molecule has 0 aliphatic rings. The molecule has 0 amide bonds. The van der Waals surface area contributed by atoms with Crippen LogP contribution in [0.1, 0.15) is 6.42 Å². The summed E-state index contributed by atoms with van der Waals surface area (Å²) in [5, 5.41) is 0. The minimum atomic E-state index is -0.441. The van der Waals surface area contributed by atoms with Gasteiger partial charge in [-0.3, -0.25) is 9.29 Å². The molecule has 0 radical (unpaired) electrons. The van der Waals surface area contributed by atoms with E-state index >= 15 is 0 Å². The normalized spacial score (nSPS) is 13.8. The number of rotatable bonds is 7. The standard InChI is InChI=1S/C7H16F2N2O/c1-11(5-4-9)7(2-3-8)6-12-10/h7H,2-6,10H2,1H3. The maximum absolute atomic E-state index is 12.0. The first-order valence-corrected chi connectivity index (χ1v) is 3.90. The molecule has 0 saturated carbocycles. The molecule has 0 fully saturated rings. The van der Waals surface area contributed by atoms with Crippen LogP contribution in [0.4, 0.5) is 8.78 Å². The summed E-state index contributed by atoms with van der Waals surface area (Å²) in [5.41, 5.74) is 0. The van der Waals surface area contributed by atoms with Crippen LogP contribution in [0, 0.1) is 0 Å². The number of hydrogen-bond acceptors (Lipinski definition) is 3. The second-order valence-electron chi connectivity index (χ2n) is 2.63. The summed E-state index contributed by atoms with van der Waals surface area (Å²) < 4.78 is 23.8. The van der Waals surface area contributed by atoms with Gasteiger partial charge in [0, 0.05) is 12.6 Å². The molecule has 0 heterocycles. The molecule has 1 unspecified atom stereocenters. The summed E-state index contributed by atoms with van der Waals surface area (Å²) in [5.74, 6) is 4.85. The Balaban J connectivity index is 3.72. The van der Waals surface area contributed by atoms with Gasteiger partial charge in [-0.25, -0.2) is 10.3 Å². The van der Waals surface area contributed by atoms with Gasteiger partial charge in [0.1, 0.15) is 6.67 Å². The van der Waals surface area contributed by atoms with Gasteiger partial charge in [0.05, 0.1) is 13.3 Å². The lowest BCUT2D eigenvalue weighted by Crippen LogP contribution is -2.38. The Morgan fingerprint density at radius 2 is 2.08 bits per heavy atom. The zero-order valence-electron chi connectivity index (χ0n) is 7.30. The van der Waals surface area contributed by atoms with E-state index in [2.05, 4.69) is 4.84 Å². The number of hydrogen-bond donors (Lipinski definition) is 1. The maximum Gasteiger partial charge on any atom is 0.102 e. The third kappa shape index (κ3) is 4.58. The van der Waals surface area contributed by atoms with Crippen molar-refractivity contribution >= 4 is 0 Å². The van der Waals surface area contributed by atoms with Crippen LogP contribution in [0.2, 0.25) is 0 Å². The topological polar surface area (TPSA) is 38.5 Å². The van der Waals surface area contributed by atoms with Crippen molar-refractivity contribution in [3.05, 3.63) is 0 Å². The van der Waals surface area contributed by atoms with Crippen molar-refractivity contribution in [3.8, 4) is 0 Å². The van der Waals surface area contributed by atoms with Gasteiger partial charge in [0.2, 0.25) is 0 Å². The molecule has 0 aromatic carbocycles. The number of likely N-dealkylation sites (N-methyl/N-ethyl adjacent to an activating group) is 1. The van der Waals surface area contributed by atoms with Crippen LogP contribution >= 0.6 is 0 Å². The fraction of sp³-hybridized carbons (Fsp3) is 1.00. The van der Waals surface area contributed by atoms with Gasteiger partial charge in [-0.2, -0.15) is 0 Å². The SMILES string of the molecule is CN(CCF)C(CCF)CON.